The van der Waals surface area contributed by atoms with E-state index in [1.54, 1.807) is 9.80 Å². The zero-order valence-corrected chi connectivity index (χ0v) is 21.5. The molecular formula is C31H38N2O4. The number of carbonyl (C=O) groups excluding carboxylic acids is 4. The fourth-order valence-corrected chi connectivity index (χ4v) is 10.3. The maximum Gasteiger partial charge on any atom is 0.233 e. The van der Waals surface area contributed by atoms with Crippen LogP contribution >= 0.6 is 0 Å². The van der Waals surface area contributed by atoms with Gasteiger partial charge < -0.3 is 0 Å². The molecule has 0 aromatic carbocycles. The highest BCUT2D eigenvalue weighted by molar-refractivity contribution is 6.07. The number of hydrogen-bond acceptors (Lipinski definition) is 4. The van der Waals surface area contributed by atoms with Gasteiger partial charge in [-0.15, -0.1) is 0 Å². The third-order valence-corrected chi connectivity index (χ3v) is 12.0. The number of nitrogens with zero attached hydrogens (tertiary/aromatic N) is 2. The van der Waals surface area contributed by atoms with Crippen LogP contribution in [-0.2, 0) is 19.2 Å². The highest BCUT2D eigenvalue weighted by Crippen LogP contribution is 2.55. The SMILES string of the molecule is O=C1[C@@H]2[C@@H](C(=O)N1C1CCC(CC3CCC(N4C(=O)[C@@H]5[C@H](C4=O)[C@H]4C=C[C@H]5C4)CC3)CC1)[C@H]1C=C[C@@H]2C1. The third kappa shape index (κ3) is 3.16. The van der Waals surface area contributed by atoms with Crippen LogP contribution in [-0.4, -0.2) is 45.5 Å². The topological polar surface area (TPSA) is 74.8 Å². The van der Waals surface area contributed by atoms with E-state index in [0.29, 0.717) is 35.5 Å². The summed E-state index contributed by atoms with van der Waals surface area (Å²) in [5, 5.41) is 0. The monoisotopic (exact) mass is 502 g/mol. The number of allylic oxidation sites excluding steroid dienone is 4. The molecule has 0 aromatic rings. The summed E-state index contributed by atoms with van der Waals surface area (Å²) in [7, 11) is 0. The van der Waals surface area contributed by atoms with Crippen LogP contribution in [0.2, 0.25) is 0 Å². The second-order valence-corrected chi connectivity index (χ2v) is 13.7. The van der Waals surface area contributed by atoms with Crippen LogP contribution in [0, 0.1) is 59.2 Å². The number of amides is 4. The first-order valence-corrected chi connectivity index (χ1v) is 15.1. The van der Waals surface area contributed by atoms with Gasteiger partial charge in [-0.1, -0.05) is 24.3 Å². The van der Waals surface area contributed by atoms with Crippen LogP contribution in [0.5, 0.6) is 0 Å². The maximum atomic E-state index is 13.2. The van der Waals surface area contributed by atoms with Gasteiger partial charge in [-0.05, 0) is 106 Å². The lowest BCUT2D eigenvalue weighted by molar-refractivity contribution is -0.145. The lowest BCUT2D eigenvalue weighted by Crippen LogP contribution is -2.44. The van der Waals surface area contributed by atoms with E-state index in [0.717, 1.165) is 64.2 Å². The minimum Gasteiger partial charge on any atom is -0.279 e. The van der Waals surface area contributed by atoms with E-state index in [9.17, 15) is 19.2 Å². The van der Waals surface area contributed by atoms with Crippen LogP contribution in [0.25, 0.3) is 0 Å². The van der Waals surface area contributed by atoms with E-state index in [4.69, 9.17) is 0 Å². The standard InChI is InChI=1S/C31H38N2O4/c34-28-24-18-5-6-19(14-18)25(24)29(35)32(28)22-9-1-16(2-10-22)13-17-3-11-23(12-4-17)33-30(36)26-20-7-8-21(15-20)27(26)31(33)37/h5-8,16-27H,1-4,9-15H2/t16?,17?,18-,19-,20-,21+,22?,23?,24-,25+,26-,27-/m0/s1. The number of rotatable bonds is 4. The molecule has 37 heavy (non-hydrogen) atoms. The van der Waals surface area contributed by atoms with Crippen molar-refractivity contribution in [1.29, 1.82) is 0 Å². The van der Waals surface area contributed by atoms with E-state index >= 15 is 0 Å². The van der Waals surface area contributed by atoms with Crippen LogP contribution in [0.3, 0.4) is 0 Å². The van der Waals surface area contributed by atoms with E-state index in [1.165, 1.54) is 6.42 Å². The van der Waals surface area contributed by atoms with E-state index in [-0.39, 0.29) is 59.4 Å². The summed E-state index contributed by atoms with van der Waals surface area (Å²) in [6.07, 6.45) is 20.1. The van der Waals surface area contributed by atoms with Crippen molar-refractivity contribution in [3.05, 3.63) is 24.3 Å². The molecule has 2 aliphatic heterocycles. The Morgan fingerprint density at radius 2 is 0.784 bits per heavy atom. The quantitative estimate of drug-likeness (QED) is 0.428. The molecule has 8 rings (SSSR count). The maximum absolute atomic E-state index is 13.2. The third-order valence-electron chi connectivity index (χ3n) is 12.0. The Morgan fingerprint density at radius 3 is 1.08 bits per heavy atom. The molecule has 2 heterocycles. The summed E-state index contributed by atoms with van der Waals surface area (Å²) in [6.45, 7) is 0. The van der Waals surface area contributed by atoms with Crippen molar-refractivity contribution in [2.24, 2.45) is 59.2 Å². The van der Waals surface area contributed by atoms with Crippen LogP contribution < -0.4 is 0 Å². The first-order chi connectivity index (χ1) is 18.0. The lowest BCUT2D eigenvalue weighted by atomic mass is 9.75. The molecule has 8 aliphatic rings. The zero-order valence-electron chi connectivity index (χ0n) is 21.5. The summed E-state index contributed by atoms with van der Waals surface area (Å²) < 4.78 is 0. The summed E-state index contributed by atoms with van der Waals surface area (Å²) in [4.78, 5) is 56.2. The molecule has 6 fully saturated rings. The molecule has 4 bridgehead atoms. The van der Waals surface area contributed by atoms with Crippen molar-refractivity contribution in [2.75, 3.05) is 0 Å². The number of imide groups is 2. The normalized spacial score (nSPS) is 49.6. The molecule has 8 atom stereocenters. The van der Waals surface area contributed by atoms with Gasteiger partial charge in [-0.3, -0.25) is 29.0 Å². The van der Waals surface area contributed by atoms with Gasteiger partial charge in [0.25, 0.3) is 0 Å². The van der Waals surface area contributed by atoms with Gasteiger partial charge in [0.1, 0.15) is 0 Å². The van der Waals surface area contributed by atoms with Crippen molar-refractivity contribution in [1.82, 2.24) is 9.80 Å². The van der Waals surface area contributed by atoms with Crippen LogP contribution in [0.15, 0.2) is 24.3 Å². The molecule has 0 unspecified atom stereocenters. The average Bonchev–Trinajstić information content (AvgIpc) is 3.74. The van der Waals surface area contributed by atoms with E-state index < -0.39 is 0 Å². The molecule has 0 N–H and O–H groups in total. The largest absolute Gasteiger partial charge is 0.279 e. The number of fused-ring (bicyclic) bond motifs is 10. The van der Waals surface area contributed by atoms with Gasteiger partial charge in [-0.2, -0.15) is 0 Å². The Kier molecular flexibility index (Phi) is 4.99. The predicted molar refractivity (Wildman–Crippen MR) is 135 cm³/mol. The van der Waals surface area contributed by atoms with Crippen molar-refractivity contribution in [3.63, 3.8) is 0 Å². The summed E-state index contributed by atoms with van der Waals surface area (Å²) >= 11 is 0. The van der Waals surface area contributed by atoms with Crippen molar-refractivity contribution >= 4 is 23.6 Å². The van der Waals surface area contributed by atoms with Crippen molar-refractivity contribution in [3.8, 4) is 0 Å². The first-order valence-electron chi connectivity index (χ1n) is 15.1. The van der Waals surface area contributed by atoms with Crippen molar-refractivity contribution < 1.29 is 19.2 Å². The Hall–Kier alpha value is -2.24. The zero-order chi connectivity index (χ0) is 25.0. The highest BCUT2D eigenvalue weighted by Gasteiger charge is 2.61. The van der Waals surface area contributed by atoms with Gasteiger partial charge >= 0.3 is 0 Å². The Morgan fingerprint density at radius 1 is 0.486 bits per heavy atom. The number of carbonyl (C=O) groups is 4. The smallest absolute Gasteiger partial charge is 0.233 e. The summed E-state index contributed by atoms with van der Waals surface area (Å²) in [5.74, 6) is 2.68. The molecule has 4 saturated carbocycles. The molecule has 6 nitrogen and oxygen atoms in total. The second-order valence-electron chi connectivity index (χ2n) is 13.7. The highest BCUT2D eigenvalue weighted by atomic mass is 16.2. The van der Waals surface area contributed by atoms with Gasteiger partial charge in [0.05, 0.1) is 23.7 Å². The van der Waals surface area contributed by atoms with Gasteiger partial charge in [0, 0.05) is 12.1 Å². The van der Waals surface area contributed by atoms with Gasteiger partial charge in [0.15, 0.2) is 0 Å². The van der Waals surface area contributed by atoms with E-state index in [1.807, 2.05) is 0 Å². The minimum absolute atomic E-state index is 0.0734. The fraction of sp³-hybridized carbons (Fsp3) is 0.742. The van der Waals surface area contributed by atoms with Gasteiger partial charge in [0.2, 0.25) is 23.6 Å². The average molecular weight is 503 g/mol. The molecule has 6 heteroatoms. The molecule has 0 aromatic heterocycles. The molecule has 0 radical (unpaired) electrons. The molecular weight excluding hydrogens is 464 g/mol. The molecule has 196 valence electrons. The molecule has 6 aliphatic carbocycles. The molecule has 0 spiro atoms. The Labute approximate surface area is 218 Å². The summed E-state index contributed by atoms with van der Waals surface area (Å²) in [6, 6.07) is 0.210. The number of likely N-dealkylation sites (tertiary alicyclic amines) is 2. The first kappa shape index (κ1) is 22.7. The fourth-order valence-electron chi connectivity index (χ4n) is 10.3. The Bertz CT molecular complexity index is 964. The molecule has 2 saturated heterocycles. The predicted octanol–water partition coefficient (Wildman–Crippen LogP) is 4.11. The van der Waals surface area contributed by atoms with Gasteiger partial charge in [-0.25, -0.2) is 0 Å². The van der Waals surface area contributed by atoms with E-state index in [2.05, 4.69) is 24.3 Å². The Balaban J connectivity index is 0.836. The lowest BCUT2D eigenvalue weighted by Gasteiger charge is -2.38. The summed E-state index contributed by atoms with van der Waals surface area (Å²) in [5.41, 5.74) is 0. The second kappa shape index (κ2) is 8.13. The minimum atomic E-state index is -0.0734. The number of hydrogen-bond donors (Lipinski definition) is 0. The van der Waals surface area contributed by atoms with Crippen LogP contribution in [0.1, 0.15) is 70.6 Å². The van der Waals surface area contributed by atoms with Crippen molar-refractivity contribution in [2.45, 2.75) is 82.7 Å². The molecule has 4 amide bonds. The van der Waals surface area contributed by atoms with Crippen LogP contribution in [0.4, 0.5) is 0 Å².